The number of anilines is 2. The molecule has 7 heteroatoms. The second-order valence-electron chi connectivity index (χ2n) is 6.45. The van der Waals surface area contributed by atoms with E-state index in [0.29, 0.717) is 5.88 Å². The second-order valence-corrected chi connectivity index (χ2v) is 6.45. The average molecular weight is 355 g/mol. The lowest BCUT2D eigenvalue weighted by Gasteiger charge is -2.35. The fourth-order valence-corrected chi connectivity index (χ4v) is 3.09. The number of hydrogen-bond donors (Lipinski definition) is 1. The van der Waals surface area contributed by atoms with Crippen molar-refractivity contribution in [1.82, 2.24) is 14.9 Å². The van der Waals surface area contributed by atoms with Crippen molar-refractivity contribution in [2.24, 2.45) is 0 Å². The molecule has 1 fully saturated rings. The van der Waals surface area contributed by atoms with E-state index in [1.807, 2.05) is 31.2 Å². The number of ether oxygens (including phenoxy) is 1. The first kappa shape index (κ1) is 18.1. The molecule has 0 saturated carbocycles. The smallest absolute Gasteiger partial charge is 0.228 e. The number of benzene rings is 1. The summed E-state index contributed by atoms with van der Waals surface area (Å²) in [6.45, 7) is 7.82. The maximum atomic E-state index is 11.4. The fraction of sp³-hybridized carbons (Fsp3) is 0.421. The van der Waals surface area contributed by atoms with Gasteiger partial charge in [0.15, 0.2) is 0 Å². The Balaban J connectivity index is 1.63. The van der Waals surface area contributed by atoms with Crippen molar-refractivity contribution in [3.63, 3.8) is 0 Å². The zero-order valence-corrected chi connectivity index (χ0v) is 15.5. The van der Waals surface area contributed by atoms with Crippen molar-refractivity contribution < 1.29 is 9.53 Å². The first-order chi connectivity index (χ1) is 12.5. The molecular formula is C19H25N5O2. The lowest BCUT2D eigenvalue weighted by Crippen LogP contribution is -2.46. The largest absolute Gasteiger partial charge is 0.481 e. The molecule has 3 rings (SSSR count). The van der Waals surface area contributed by atoms with Crippen molar-refractivity contribution in [2.75, 3.05) is 43.5 Å². The molecule has 0 unspecified atom stereocenters. The standard InChI is InChI=1S/C19H25N5O2/c1-14-12-18(26-3)22-19(20-14)24-10-8-23(9-11-24)13-16-6-4-5-7-17(16)21-15(2)25/h4-7,12H,8-11,13H2,1-3H3,(H,21,25). The molecule has 1 N–H and O–H groups in total. The zero-order chi connectivity index (χ0) is 18.5. The number of para-hydroxylation sites is 1. The molecule has 138 valence electrons. The van der Waals surface area contributed by atoms with E-state index in [4.69, 9.17) is 4.74 Å². The summed E-state index contributed by atoms with van der Waals surface area (Å²) in [5.41, 5.74) is 2.91. The Kier molecular flexibility index (Phi) is 5.68. The number of aryl methyl sites for hydroxylation is 1. The van der Waals surface area contributed by atoms with Gasteiger partial charge in [0, 0.05) is 57.1 Å². The monoisotopic (exact) mass is 355 g/mol. The molecule has 1 amide bonds. The topological polar surface area (TPSA) is 70.6 Å². The molecule has 1 aliphatic heterocycles. The van der Waals surface area contributed by atoms with E-state index in [9.17, 15) is 4.79 Å². The van der Waals surface area contributed by atoms with E-state index in [0.717, 1.165) is 55.6 Å². The van der Waals surface area contributed by atoms with Crippen LogP contribution >= 0.6 is 0 Å². The van der Waals surface area contributed by atoms with Gasteiger partial charge in [0.05, 0.1) is 7.11 Å². The molecule has 0 bridgehead atoms. The molecular weight excluding hydrogens is 330 g/mol. The van der Waals surface area contributed by atoms with Gasteiger partial charge in [-0.3, -0.25) is 9.69 Å². The number of rotatable bonds is 5. The van der Waals surface area contributed by atoms with Crippen LogP contribution in [0.2, 0.25) is 0 Å². The second kappa shape index (κ2) is 8.14. The Morgan fingerprint density at radius 2 is 1.92 bits per heavy atom. The van der Waals surface area contributed by atoms with Gasteiger partial charge < -0.3 is 15.0 Å². The highest BCUT2D eigenvalue weighted by Gasteiger charge is 2.20. The zero-order valence-electron chi connectivity index (χ0n) is 15.5. The number of methoxy groups -OCH3 is 1. The van der Waals surface area contributed by atoms with Crippen LogP contribution in [0.4, 0.5) is 11.6 Å². The SMILES string of the molecule is COc1cc(C)nc(N2CCN(Cc3ccccc3NC(C)=O)CC2)n1. The van der Waals surface area contributed by atoms with Crippen LogP contribution in [-0.2, 0) is 11.3 Å². The van der Waals surface area contributed by atoms with Crippen LogP contribution in [0.15, 0.2) is 30.3 Å². The summed E-state index contributed by atoms with van der Waals surface area (Å²) in [5, 5.41) is 2.91. The highest BCUT2D eigenvalue weighted by molar-refractivity contribution is 5.89. The van der Waals surface area contributed by atoms with Crippen LogP contribution in [-0.4, -0.2) is 54.1 Å². The van der Waals surface area contributed by atoms with Crippen LogP contribution in [0.3, 0.4) is 0 Å². The normalized spacial score (nSPS) is 15.0. The Morgan fingerprint density at radius 1 is 1.19 bits per heavy atom. The van der Waals surface area contributed by atoms with Crippen LogP contribution in [0, 0.1) is 6.92 Å². The lowest BCUT2D eigenvalue weighted by molar-refractivity contribution is -0.114. The molecule has 1 aliphatic rings. The third-order valence-corrected chi connectivity index (χ3v) is 4.41. The lowest BCUT2D eigenvalue weighted by atomic mass is 10.1. The molecule has 2 aromatic rings. The van der Waals surface area contributed by atoms with Gasteiger partial charge in [-0.15, -0.1) is 0 Å². The molecule has 0 atom stereocenters. The first-order valence-electron chi connectivity index (χ1n) is 8.77. The molecule has 1 aromatic heterocycles. The van der Waals surface area contributed by atoms with Crippen LogP contribution < -0.4 is 15.0 Å². The van der Waals surface area contributed by atoms with Gasteiger partial charge >= 0.3 is 0 Å². The third-order valence-electron chi connectivity index (χ3n) is 4.41. The molecule has 26 heavy (non-hydrogen) atoms. The molecule has 2 heterocycles. The number of carbonyl (C=O) groups is 1. The first-order valence-corrected chi connectivity index (χ1v) is 8.77. The highest BCUT2D eigenvalue weighted by atomic mass is 16.5. The third kappa shape index (κ3) is 4.49. The van der Waals surface area contributed by atoms with Gasteiger partial charge in [-0.2, -0.15) is 4.98 Å². The number of amides is 1. The van der Waals surface area contributed by atoms with E-state index in [1.165, 1.54) is 6.92 Å². The van der Waals surface area contributed by atoms with Crippen LogP contribution in [0.1, 0.15) is 18.2 Å². The molecule has 0 spiro atoms. The Hall–Kier alpha value is -2.67. The van der Waals surface area contributed by atoms with Crippen molar-refractivity contribution in [3.8, 4) is 5.88 Å². The maximum Gasteiger partial charge on any atom is 0.228 e. The minimum absolute atomic E-state index is 0.0483. The molecule has 1 aromatic carbocycles. The number of hydrogen-bond acceptors (Lipinski definition) is 6. The van der Waals surface area contributed by atoms with Crippen molar-refractivity contribution in [1.29, 1.82) is 0 Å². The van der Waals surface area contributed by atoms with Crippen LogP contribution in [0.5, 0.6) is 5.88 Å². The number of nitrogens with zero attached hydrogens (tertiary/aromatic N) is 4. The Labute approximate surface area is 154 Å². The summed E-state index contributed by atoms with van der Waals surface area (Å²) < 4.78 is 5.25. The predicted octanol–water partition coefficient (Wildman–Crippen LogP) is 2.07. The van der Waals surface area contributed by atoms with E-state index >= 15 is 0 Å². The van der Waals surface area contributed by atoms with Gasteiger partial charge in [0.1, 0.15) is 0 Å². The van der Waals surface area contributed by atoms with Gasteiger partial charge in [-0.1, -0.05) is 18.2 Å². The molecule has 1 saturated heterocycles. The van der Waals surface area contributed by atoms with Gasteiger partial charge in [0.2, 0.25) is 17.7 Å². The Morgan fingerprint density at radius 3 is 2.62 bits per heavy atom. The maximum absolute atomic E-state index is 11.4. The minimum Gasteiger partial charge on any atom is -0.481 e. The average Bonchev–Trinajstić information content (AvgIpc) is 2.63. The van der Waals surface area contributed by atoms with Gasteiger partial charge in [0.25, 0.3) is 0 Å². The quantitative estimate of drug-likeness (QED) is 0.885. The van der Waals surface area contributed by atoms with Crippen molar-refractivity contribution in [3.05, 3.63) is 41.6 Å². The summed E-state index contributed by atoms with van der Waals surface area (Å²) in [6, 6.07) is 9.78. The van der Waals surface area contributed by atoms with Gasteiger partial charge in [-0.25, -0.2) is 4.98 Å². The summed E-state index contributed by atoms with van der Waals surface area (Å²) >= 11 is 0. The van der Waals surface area contributed by atoms with E-state index in [-0.39, 0.29) is 5.91 Å². The highest BCUT2D eigenvalue weighted by Crippen LogP contribution is 2.20. The number of nitrogens with one attached hydrogen (secondary N) is 1. The van der Waals surface area contributed by atoms with E-state index in [1.54, 1.807) is 7.11 Å². The van der Waals surface area contributed by atoms with Crippen molar-refractivity contribution in [2.45, 2.75) is 20.4 Å². The molecule has 0 radical (unpaired) electrons. The fourth-order valence-electron chi connectivity index (χ4n) is 3.09. The van der Waals surface area contributed by atoms with Crippen LogP contribution in [0.25, 0.3) is 0 Å². The number of piperazine rings is 1. The summed E-state index contributed by atoms with van der Waals surface area (Å²) in [5.74, 6) is 1.27. The summed E-state index contributed by atoms with van der Waals surface area (Å²) in [7, 11) is 1.62. The molecule has 7 nitrogen and oxygen atoms in total. The summed E-state index contributed by atoms with van der Waals surface area (Å²) in [4.78, 5) is 24.9. The minimum atomic E-state index is -0.0483. The number of aromatic nitrogens is 2. The molecule has 0 aliphatic carbocycles. The van der Waals surface area contributed by atoms with Gasteiger partial charge in [-0.05, 0) is 18.6 Å². The predicted molar refractivity (Wildman–Crippen MR) is 102 cm³/mol. The Bertz CT molecular complexity index is 772. The van der Waals surface area contributed by atoms with E-state index < -0.39 is 0 Å². The summed E-state index contributed by atoms with van der Waals surface area (Å²) in [6.07, 6.45) is 0. The number of carbonyl (C=O) groups excluding carboxylic acids is 1. The van der Waals surface area contributed by atoms with Crippen molar-refractivity contribution >= 4 is 17.5 Å². The van der Waals surface area contributed by atoms with E-state index in [2.05, 4.69) is 31.2 Å².